The van der Waals surface area contributed by atoms with E-state index in [4.69, 9.17) is 23.2 Å². The number of likely N-dealkylation sites (tertiary alicyclic amines) is 1. The van der Waals surface area contributed by atoms with Gasteiger partial charge in [0.2, 0.25) is 0 Å². The molecule has 0 radical (unpaired) electrons. The second-order valence-corrected chi connectivity index (χ2v) is 7.60. The highest BCUT2D eigenvalue weighted by molar-refractivity contribution is 6.35. The number of hydrogen-bond acceptors (Lipinski definition) is 2. The molecule has 0 aromatic heterocycles. The molecule has 0 bridgehead atoms. The maximum absolute atomic E-state index is 15.0. The Morgan fingerprint density at radius 1 is 1.28 bits per heavy atom. The number of alkyl halides is 1. The first-order valence-corrected chi connectivity index (χ1v) is 9.38. The average Bonchev–Trinajstić information content (AvgIpc) is 2.54. The van der Waals surface area contributed by atoms with Gasteiger partial charge >= 0.3 is 0 Å². The van der Waals surface area contributed by atoms with Gasteiger partial charge in [-0.15, -0.1) is 0 Å². The van der Waals surface area contributed by atoms with Gasteiger partial charge in [-0.05, 0) is 44.4 Å². The highest BCUT2D eigenvalue weighted by Gasteiger charge is 2.34. The van der Waals surface area contributed by atoms with Crippen LogP contribution >= 0.6 is 23.2 Å². The summed E-state index contributed by atoms with van der Waals surface area (Å²) in [5, 5.41) is 3.45. The average molecular weight is 387 g/mol. The number of halogens is 3. The van der Waals surface area contributed by atoms with Crippen molar-refractivity contribution in [1.29, 1.82) is 0 Å². The Bertz CT molecular complexity index is 620. The van der Waals surface area contributed by atoms with Crippen molar-refractivity contribution in [3.05, 3.63) is 45.5 Å². The number of carbonyl (C=O) groups is 1. The zero-order valence-corrected chi connectivity index (χ0v) is 16.3. The fourth-order valence-corrected chi connectivity index (χ4v) is 3.61. The van der Waals surface area contributed by atoms with Crippen LogP contribution in [0.15, 0.2) is 29.8 Å². The molecular weight excluding hydrogens is 362 g/mol. The van der Waals surface area contributed by atoms with Gasteiger partial charge in [0.15, 0.2) is 0 Å². The summed E-state index contributed by atoms with van der Waals surface area (Å²) in [6.45, 7) is 6.51. The Morgan fingerprint density at radius 3 is 2.44 bits per heavy atom. The predicted octanol–water partition coefficient (Wildman–Crippen LogP) is 4.88. The van der Waals surface area contributed by atoms with Gasteiger partial charge in [-0.25, -0.2) is 4.39 Å². The molecule has 1 N–H and O–H groups in total. The summed E-state index contributed by atoms with van der Waals surface area (Å²) in [5.74, 6) is -0.356. The van der Waals surface area contributed by atoms with Crippen LogP contribution in [0.3, 0.4) is 0 Å². The van der Waals surface area contributed by atoms with Crippen LogP contribution in [0.25, 0.3) is 0 Å². The van der Waals surface area contributed by atoms with E-state index >= 15 is 0 Å². The summed E-state index contributed by atoms with van der Waals surface area (Å²) < 4.78 is 15.0. The minimum absolute atomic E-state index is 0.00753. The number of benzene rings is 1. The zero-order chi connectivity index (χ0) is 18.4. The molecule has 0 aliphatic carbocycles. The molecule has 3 nitrogen and oxygen atoms in total. The van der Waals surface area contributed by atoms with Crippen LogP contribution in [0.4, 0.5) is 4.39 Å². The first-order chi connectivity index (χ1) is 11.8. The molecule has 1 aromatic rings. The Hall–Kier alpha value is -1.10. The molecule has 1 fully saturated rings. The summed E-state index contributed by atoms with van der Waals surface area (Å²) >= 11 is 11.8. The standard InChI is InChI=1S/C19H25Cl2FN2O/c1-3-4-14(2)12-24-7-5-19(22,6-8-24)13-23-18(25)15-9-16(20)11-17(21)10-15/h4,9-11H,3,5-8,12-13H2,1-2H3,(H,23,25)/b14-4+. The van der Waals surface area contributed by atoms with Crippen molar-refractivity contribution in [3.8, 4) is 0 Å². The van der Waals surface area contributed by atoms with Crippen molar-refractivity contribution in [1.82, 2.24) is 10.2 Å². The fraction of sp³-hybridized carbons (Fsp3) is 0.526. The number of allylic oxidation sites excluding steroid dienone is 1. The second-order valence-electron chi connectivity index (χ2n) is 6.73. The number of carbonyl (C=O) groups excluding carboxylic acids is 1. The first kappa shape index (κ1) is 20.2. The van der Waals surface area contributed by atoms with Crippen LogP contribution in [0.2, 0.25) is 10.0 Å². The van der Waals surface area contributed by atoms with Crippen LogP contribution < -0.4 is 5.32 Å². The summed E-state index contributed by atoms with van der Waals surface area (Å²) in [6, 6.07) is 4.61. The highest BCUT2D eigenvalue weighted by atomic mass is 35.5. The maximum Gasteiger partial charge on any atom is 0.251 e. The Labute approximate surface area is 159 Å². The fourth-order valence-electron chi connectivity index (χ4n) is 3.08. The van der Waals surface area contributed by atoms with Crippen molar-refractivity contribution in [2.75, 3.05) is 26.2 Å². The van der Waals surface area contributed by atoms with Crippen molar-refractivity contribution >= 4 is 29.1 Å². The normalized spacial score (nSPS) is 18.2. The predicted molar refractivity (Wildman–Crippen MR) is 102 cm³/mol. The molecule has 1 amide bonds. The van der Waals surface area contributed by atoms with Crippen molar-refractivity contribution < 1.29 is 9.18 Å². The number of nitrogens with zero attached hydrogens (tertiary/aromatic N) is 1. The Morgan fingerprint density at radius 2 is 1.88 bits per heavy atom. The summed E-state index contributed by atoms with van der Waals surface area (Å²) in [6.07, 6.45) is 4.06. The molecule has 25 heavy (non-hydrogen) atoms. The largest absolute Gasteiger partial charge is 0.349 e. The molecule has 138 valence electrons. The van der Waals surface area contributed by atoms with Crippen molar-refractivity contribution in [2.24, 2.45) is 0 Å². The molecule has 1 heterocycles. The molecule has 0 saturated carbocycles. The number of piperidine rings is 1. The van der Waals surface area contributed by atoms with E-state index in [9.17, 15) is 9.18 Å². The third-order valence-electron chi connectivity index (χ3n) is 4.47. The smallest absolute Gasteiger partial charge is 0.251 e. The summed E-state index contributed by atoms with van der Waals surface area (Å²) in [4.78, 5) is 14.5. The van der Waals surface area contributed by atoms with E-state index in [0.717, 1.165) is 13.0 Å². The summed E-state index contributed by atoms with van der Waals surface area (Å²) in [7, 11) is 0. The van der Waals surface area contributed by atoms with Crippen LogP contribution in [0.1, 0.15) is 43.5 Å². The molecule has 1 aromatic carbocycles. The lowest BCUT2D eigenvalue weighted by atomic mass is 9.92. The third-order valence-corrected chi connectivity index (χ3v) is 4.90. The number of amides is 1. The van der Waals surface area contributed by atoms with E-state index in [1.54, 1.807) is 6.07 Å². The van der Waals surface area contributed by atoms with Gasteiger partial charge in [0.25, 0.3) is 5.91 Å². The number of rotatable bonds is 6. The molecule has 2 rings (SSSR count). The topological polar surface area (TPSA) is 32.3 Å². The molecule has 0 spiro atoms. The minimum Gasteiger partial charge on any atom is -0.349 e. The second kappa shape index (κ2) is 9.02. The van der Waals surface area contributed by atoms with Gasteiger partial charge < -0.3 is 5.32 Å². The van der Waals surface area contributed by atoms with Crippen LogP contribution in [-0.2, 0) is 0 Å². The van der Waals surface area contributed by atoms with Crippen LogP contribution in [-0.4, -0.2) is 42.7 Å². The molecule has 0 unspecified atom stereocenters. The lowest BCUT2D eigenvalue weighted by molar-refractivity contribution is 0.0576. The molecule has 1 saturated heterocycles. The van der Waals surface area contributed by atoms with E-state index in [1.165, 1.54) is 17.7 Å². The van der Waals surface area contributed by atoms with E-state index in [-0.39, 0.29) is 12.5 Å². The van der Waals surface area contributed by atoms with Gasteiger partial charge in [-0.3, -0.25) is 9.69 Å². The lowest BCUT2D eigenvalue weighted by Gasteiger charge is -2.36. The minimum atomic E-state index is -1.36. The molecule has 1 aliphatic rings. The van der Waals surface area contributed by atoms with Gasteiger partial charge in [-0.1, -0.05) is 41.8 Å². The van der Waals surface area contributed by atoms with Crippen molar-refractivity contribution in [3.63, 3.8) is 0 Å². The Kier molecular flexibility index (Phi) is 7.29. The van der Waals surface area contributed by atoms with Gasteiger partial charge in [-0.2, -0.15) is 0 Å². The first-order valence-electron chi connectivity index (χ1n) is 8.62. The van der Waals surface area contributed by atoms with Gasteiger partial charge in [0.1, 0.15) is 5.67 Å². The summed E-state index contributed by atoms with van der Waals surface area (Å²) in [5.41, 5.74) is 0.301. The highest BCUT2D eigenvalue weighted by Crippen LogP contribution is 2.26. The SMILES string of the molecule is CC/C=C(\C)CN1CCC(F)(CNC(=O)c2cc(Cl)cc(Cl)c2)CC1. The van der Waals surface area contributed by atoms with E-state index in [0.29, 0.717) is 41.5 Å². The van der Waals surface area contributed by atoms with Gasteiger partial charge in [0.05, 0.1) is 6.54 Å². The van der Waals surface area contributed by atoms with E-state index in [2.05, 4.69) is 30.1 Å². The molecule has 6 heteroatoms. The number of hydrogen-bond donors (Lipinski definition) is 1. The molecule has 1 aliphatic heterocycles. The van der Waals surface area contributed by atoms with Crippen LogP contribution in [0.5, 0.6) is 0 Å². The monoisotopic (exact) mass is 386 g/mol. The van der Waals surface area contributed by atoms with Gasteiger partial charge in [0, 0.05) is 35.2 Å². The quantitative estimate of drug-likeness (QED) is 0.706. The van der Waals surface area contributed by atoms with Crippen LogP contribution in [0, 0.1) is 0 Å². The molecule has 0 atom stereocenters. The van der Waals surface area contributed by atoms with E-state index < -0.39 is 5.67 Å². The van der Waals surface area contributed by atoms with E-state index in [1.807, 2.05) is 0 Å². The maximum atomic E-state index is 15.0. The zero-order valence-electron chi connectivity index (χ0n) is 14.7. The number of nitrogens with one attached hydrogen (secondary N) is 1. The Balaban J connectivity index is 1.85. The van der Waals surface area contributed by atoms with Crippen molar-refractivity contribution in [2.45, 2.75) is 38.8 Å². The lowest BCUT2D eigenvalue weighted by Crippen LogP contribution is -2.48. The molecular formula is C19H25Cl2FN2O. The third kappa shape index (κ3) is 6.28.